The molecule has 0 aromatic carbocycles. The summed E-state index contributed by atoms with van der Waals surface area (Å²) in [5.74, 6) is -0.203. The van der Waals surface area contributed by atoms with E-state index >= 15 is 0 Å². The van der Waals surface area contributed by atoms with Gasteiger partial charge in [0.1, 0.15) is 0 Å². The molecular weight excluding hydrogens is 282 g/mol. The molecule has 2 heterocycles. The summed E-state index contributed by atoms with van der Waals surface area (Å²) in [5.41, 5.74) is 0. The van der Waals surface area contributed by atoms with Crippen LogP contribution >= 0.6 is 0 Å². The number of nitrogens with zero attached hydrogens (tertiary/aromatic N) is 3. The Balaban J connectivity index is 1.42. The van der Waals surface area contributed by atoms with Crippen LogP contribution in [0.25, 0.3) is 0 Å². The minimum absolute atomic E-state index is 0.0681. The zero-order chi connectivity index (χ0) is 15.5. The number of imide groups is 1. The molecule has 1 aliphatic carbocycles. The normalized spacial score (nSPS) is 24.5. The van der Waals surface area contributed by atoms with E-state index in [2.05, 4.69) is 4.90 Å². The molecule has 3 amide bonds. The molecule has 0 N–H and O–H groups in total. The monoisotopic (exact) mass is 307 g/mol. The summed E-state index contributed by atoms with van der Waals surface area (Å²) < 4.78 is 0. The lowest BCUT2D eigenvalue weighted by Crippen LogP contribution is -2.51. The van der Waals surface area contributed by atoms with Crippen molar-refractivity contribution < 1.29 is 14.4 Å². The van der Waals surface area contributed by atoms with E-state index in [1.807, 2.05) is 4.90 Å². The Morgan fingerprint density at radius 3 is 2.14 bits per heavy atom. The molecule has 6 nitrogen and oxygen atoms in total. The van der Waals surface area contributed by atoms with Crippen molar-refractivity contribution >= 4 is 17.7 Å². The van der Waals surface area contributed by atoms with Gasteiger partial charge in [0.05, 0.1) is 0 Å². The van der Waals surface area contributed by atoms with Crippen LogP contribution in [-0.2, 0) is 14.4 Å². The van der Waals surface area contributed by atoms with Crippen LogP contribution in [0.3, 0.4) is 0 Å². The highest BCUT2D eigenvalue weighted by atomic mass is 16.2. The highest BCUT2D eigenvalue weighted by Crippen LogP contribution is 2.24. The van der Waals surface area contributed by atoms with Crippen LogP contribution in [0.1, 0.15) is 44.9 Å². The highest BCUT2D eigenvalue weighted by molar-refractivity contribution is 6.02. The van der Waals surface area contributed by atoms with Crippen molar-refractivity contribution in [3.63, 3.8) is 0 Å². The fourth-order valence-electron chi connectivity index (χ4n) is 3.84. The summed E-state index contributed by atoms with van der Waals surface area (Å²) in [5, 5.41) is 0. The first-order chi connectivity index (χ1) is 10.6. The molecule has 0 unspecified atom stereocenters. The lowest BCUT2D eigenvalue weighted by atomic mass is 10.1. The predicted molar refractivity (Wildman–Crippen MR) is 81.0 cm³/mol. The Morgan fingerprint density at radius 2 is 1.55 bits per heavy atom. The molecule has 122 valence electrons. The molecule has 3 rings (SSSR count). The zero-order valence-corrected chi connectivity index (χ0v) is 13.1. The smallest absolute Gasteiger partial charge is 0.229 e. The molecule has 3 fully saturated rings. The third kappa shape index (κ3) is 3.32. The summed E-state index contributed by atoms with van der Waals surface area (Å²) >= 11 is 0. The summed E-state index contributed by atoms with van der Waals surface area (Å²) in [4.78, 5) is 41.0. The Kier molecular flexibility index (Phi) is 4.76. The van der Waals surface area contributed by atoms with E-state index in [1.165, 1.54) is 30.6 Å². The van der Waals surface area contributed by atoms with Crippen molar-refractivity contribution in [2.45, 2.75) is 51.0 Å². The van der Waals surface area contributed by atoms with Gasteiger partial charge in [-0.05, 0) is 12.8 Å². The fraction of sp³-hybridized carbons (Fsp3) is 0.812. The van der Waals surface area contributed by atoms with Gasteiger partial charge in [0, 0.05) is 58.0 Å². The van der Waals surface area contributed by atoms with Crippen LogP contribution in [0.2, 0.25) is 0 Å². The van der Waals surface area contributed by atoms with E-state index in [4.69, 9.17) is 0 Å². The highest BCUT2D eigenvalue weighted by Gasteiger charge is 2.31. The number of amides is 3. The fourth-order valence-corrected chi connectivity index (χ4v) is 3.84. The molecule has 2 aliphatic heterocycles. The van der Waals surface area contributed by atoms with E-state index in [0.717, 1.165) is 32.2 Å². The van der Waals surface area contributed by atoms with E-state index < -0.39 is 0 Å². The quantitative estimate of drug-likeness (QED) is 0.714. The van der Waals surface area contributed by atoms with Gasteiger partial charge in [0.25, 0.3) is 0 Å². The molecule has 0 radical (unpaired) electrons. The summed E-state index contributed by atoms with van der Waals surface area (Å²) in [6, 6.07) is 0.720. The average molecular weight is 307 g/mol. The minimum atomic E-state index is -0.135. The predicted octanol–water partition coefficient (Wildman–Crippen LogP) is 0.612. The number of carbonyl (C=O) groups excluding carboxylic acids is 3. The summed E-state index contributed by atoms with van der Waals surface area (Å²) in [6.45, 7) is 3.71. The van der Waals surface area contributed by atoms with Crippen LogP contribution in [0.5, 0.6) is 0 Å². The molecule has 0 atom stereocenters. The van der Waals surface area contributed by atoms with Crippen LogP contribution in [-0.4, -0.2) is 71.2 Å². The first-order valence-corrected chi connectivity index (χ1v) is 8.50. The maximum atomic E-state index is 12.3. The van der Waals surface area contributed by atoms with Gasteiger partial charge in [-0.2, -0.15) is 0 Å². The summed E-state index contributed by atoms with van der Waals surface area (Å²) in [6.07, 6.45) is 6.13. The number of hydrogen-bond acceptors (Lipinski definition) is 4. The molecule has 0 bridgehead atoms. The first-order valence-electron chi connectivity index (χ1n) is 8.50. The molecule has 3 aliphatic rings. The van der Waals surface area contributed by atoms with Crippen molar-refractivity contribution in [2.75, 3.05) is 32.7 Å². The number of rotatable bonds is 4. The molecule has 0 aromatic heterocycles. The molecule has 6 heteroatoms. The zero-order valence-electron chi connectivity index (χ0n) is 13.1. The Hall–Kier alpha value is -1.43. The van der Waals surface area contributed by atoms with Gasteiger partial charge in [0.15, 0.2) is 0 Å². The molecule has 22 heavy (non-hydrogen) atoms. The van der Waals surface area contributed by atoms with Gasteiger partial charge in [0.2, 0.25) is 17.7 Å². The van der Waals surface area contributed by atoms with Crippen molar-refractivity contribution in [2.24, 2.45) is 0 Å². The number of hydrogen-bond donors (Lipinski definition) is 0. The number of likely N-dealkylation sites (tertiary alicyclic amines) is 1. The number of carbonyl (C=O) groups is 3. The minimum Gasteiger partial charge on any atom is -0.340 e. The second-order valence-corrected chi connectivity index (χ2v) is 6.54. The second kappa shape index (κ2) is 6.77. The standard InChI is InChI=1S/C16H25N3O3/c20-14(7-8-19-15(21)5-6-16(19)22)18-11-9-17(10-12-18)13-3-1-2-4-13/h13H,1-12H2. The topological polar surface area (TPSA) is 60.9 Å². The third-order valence-corrected chi connectivity index (χ3v) is 5.21. The maximum Gasteiger partial charge on any atom is 0.229 e. The van der Waals surface area contributed by atoms with Crippen LogP contribution in [0, 0.1) is 0 Å². The van der Waals surface area contributed by atoms with E-state index in [9.17, 15) is 14.4 Å². The summed E-state index contributed by atoms with van der Waals surface area (Å²) in [7, 11) is 0. The van der Waals surface area contributed by atoms with Crippen molar-refractivity contribution in [3.05, 3.63) is 0 Å². The lowest BCUT2D eigenvalue weighted by Gasteiger charge is -2.38. The first kappa shape index (κ1) is 15.5. The average Bonchev–Trinajstić information content (AvgIpc) is 3.17. The third-order valence-electron chi connectivity index (χ3n) is 5.21. The van der Waals surface area contributed by atoms with Gasteiger partial charge < -0.3 is 4.90 Å². The Labute approximate surface area is 131 Å². The van der Waals surface area contributed by atoms with Crippen LogP contribution in [0.15, 0.2) is 0 Å². The Morgan fingerprint density at radius 1 is 0.955 bits per heavy atom. The van der Waals surface area contributed by atoms with Crippen molar-refractivity contribution in [1.29, 1.82) is 0 Å². The van der Waals surface area contributed by atoms with Crippen molar-refractivity contribution in [3.8, 4) is 0 Å². The molecule has 0 aromatic rings. The second-order valence-electron chi connectivity index (χ2n) is 6.54. The molecular formula is C16H25N3O3. The van der Waals surface area contributed by atoms with Gasteiger partial charge in [-0.1, -0.05) is 12.8 Å². The largest absolute Gasteiger partial charge is 0.340 e. The van der Waals surface area contributed by atoms with Crippen LogP contribution in [0.4, 0.5) is 0 Å². The molecule has 2 saturated heterocycles. The van der Waals surface area contributed by atoms with Crippen molar-refractivity contribution in [1.82, 2.24) is 14.7 Å². The molecule has 1 saturated carbocycles. The maximum absolute atomic E-state index is 12.3. The Bertz CT molecular complexity index is 436. The lowest BCUT2D eigenvalue weighted by molar-refractivity contribution is -0.139. The SMILES string of the molecule is O=C(CCN1C(=O)CCC1=O)N1CCN(C2CCCC2)CC1. The van der Waals surface area contributed by atoms with Crippen LogP contribution < -0.4 is 0 Å². The van der Waals surface area contributed by atoms with E-state index in [1.54, 1.807) is 0 Å². The van der Waals surface area contributed by atoms with Gasteiger partial charge in [-0.3, -0.25) is 24.2 Å². The van der Waals surface area contributed by atoms with Gasteiger partial charge in [-0.15, -0.1) is 0 Å². The number of piperazine rings is 1. The molecule has 0 spiro atoms. The van der Waals surface area contributed by atoms with E-state index in [0.29, 0.717) is 12.8 Å². The van der Waals surface area contributed by atoms with E-state index in [-0.39, 0.29) is 30.7 Å². The van der Waals surface area contributed by atoms with Gasteiger partial charge >= 0.3 is 0 Å². The van der Waals surface area contributed by atoms with Gasteiger partial charge in [-0.25, -0.2) is 0 Å².